The Balaban J connectivity index is 1.87. The van der Waals surface area contributed by atoms with Crippen molar-refractivity contribution in [1.82, 2.24) is 4.98 Å². The van der Waals surface area contributed by atoms with Gasteiger partial charge in [-0.3, -0.25) is 10.1 Å². The molecule has 0 fully saturated rings. The van der Waals surface area contributed by atoms with Crippen LogP contribution in [0, 0.1) is 28.4 Å². The number of nitriles is 1. The van der Waals surface area contributed by atoms with E-state index in [-0.39, 0.29) is 5.69 Å². The third kappa shape index (κ3) is 4.31. The summed E-state index contributed by atoms with van der Waals surface area (Å²) in [4.78, 5) is 14.9. The lowest BCUT2D eigenvalue weighted by Gasteiger charge is -2.06. The number of thiazole rings is 1. The van der Waals surface area contributed by atoms with Gasteiger partial charge >= 0.3 is 0 Å². The van der Waals surface area contributed by atoms with Crippen LogP contribution in [0.15, 0.2) is 54.0 Å². The number of nitro benzene ring substituents is 1. The number of halogens is 1. The predicted octanol–water partition coefficient (Wildman–Crippen LogP) is 5.66. The van der Waals surface area contributed by atoms with Gasteiger partial charge < -0.3 is 5.32 Å². The molecular weight excluding hydrogens is 384 g/mol. The van der Waals surface area contributed by atoms with E-state index in [1.54, 1.807) is 35.8 Å². The average Bonchev–Trinajstić information content (AvgIpc) is 3.15. The van der Waals surface area contributed by atoms with E-state index in [1.807, 2.05) is 13.0 Å². The summed E-state index contributed by atoms with van der Waals surface area (Å²) in [5.74, 6) is 0. The summed E-state index contributed by atoms with van der Waals surface area (Å²) in [6, 6.07) is 13.8. The standard InChI is InChI=1S/C19H13ClN4O2S/c1-12-5-6-15(20)8-17(12)22-10-14(9-21)19-23-18(11-27-19)13-3-2-4-16(7-13)24(25)26/h2-8,10-11,22H,1H3. The highest BCUT2D eigenvalue weighted by molar-refractivity contribution is 7.11. The molecule has 134 valence electrons. The fourth-order valence-electron chi connectivity index (χ4n) is 2.35. The SMILES string of the molecule is Cc1ccc(Cl)cc1NC=C(C#N)c1nc(-c2cccc([N+](=O)[O-])c2)cs1. The normalized spacial score (nSPS) is 11.1. The van der Waals surface area contributed by atoms with Gasteiger partial charge in [-0.1, -0.05) is 29.8 Å². The second-order valence-corrected chi connectivity index (χ2v) is 6.91. The first kappa shape index (κ1) is 18.6. The minimum atomic E-state index is -0.450. The quantitative estimate of drug-likeness (QED) is 0.341. The van der Waals surface area contributed by atoms with Crippen molar-refractivity contribution in [3.05, 3.63) is 79.8 Å². The van der Waals surface area contributed by atoms with Gasteiger partial charge in [-0.15, -0.1) is 11.3 Å². The Kier molecular flexibility index (Phi) is 5.50. The minimum absolute atomic E-state index is 0.00352. The van der Waals surface area contributed by atoms with Gasteiger partial charge in [-0.2, -0.15) is 5.26 Å². The third-order valence-electron chi connectivity index (χ3n) is 3.78. The topological polar surface area (TPSA) is 91.8 Å². The van der Waals surface area contributed by atoms with Gasteiger partial charge in [0, 0.05) is 40.0 Å². The lowest BCUT2D eigenvalue weighted by Crippen LogP contribution is -1.93. The number of nitrogens with zero attached hydrogens (tertiary/aromatic N) is 3. The fourth-order valence-corrected chi connectivity index (χ4v) is 3.32. The molecule has 1 heterocycles. The van der Waals surface area contributed by atoms with Crippen LogP contribution >= 0.6 is 22.9 Å². The molecule has 6 nitrogen and oxygen atoms in total. The molecule has 0 aliphatic rings. The number of aryl methyl sites for hydroxylation is 1. The molecule has 0 bridgehead atoms. The number of anilines is 1. The fraction of sp³-hybridized carbons (Fsp3) is 0.0526. The van der Waals surface area contributed by atoms with Crippen molar-refractivity contribution >= 4 is 39.9 Å². The highest BCUT2D eigenvalue weighted by Gasteiger charge is 2.12. The molecule has 3 aromatic rings. The van der Waals surface area contributed by atoms with Crippen LogP contribution in [-0.4, -0.2) is 9.91 Å². The smallest absolute Gasteiger partial charge is 0.270 e. The summed E-state index contributed by atoms with van der Waals surface area (Å²) in [5.41, 5.74) is 3.35. The monoisotopic (exact) mass is 396 g/mol. The third-order valence-corrected chi connectivity index (χ3v) is 4.89. The van der Waals surface area contributed by atoms with E-state index in [0.717, 1.165) is 11.3 Å². The summed E-state index contributed by atoms with van der Waals surface area (Å²) in [6.45, 7) is 1.93. The van der Waals surface area contributed by atoms with Gasteiger partial charge in [0.05, 0.1) is 10.6 Å². The van der Waals surface area contributed by atoms with E-state index < -0.39 is 4.92 Å². The molecule has 1 N–H and O–H groups in total. The molecule has 0 amide bonds. The maximum atomic E-state index is 10.9. The molecule has 0 atom stereocenters. The Hall–Kier alpha value is -3.21. The molecule has 8 heteroatoms. The largest absolute Gasteiger partial charge is 0.360 e. The maximum Gasteiger partial charge on any atom is 0.270 e. The van der Waals surface area contributed by atoms with Crippen molar-refractivity contribution in [2.45, 2.75) is 6.92 Å². The first-order valence-corrected chi connectivity index (χ1v) is 9.07. The van der Waals surface area contributed by atoms with Crippen molar-refractivity contribution in [2.24, 2.45) is 0 Å². The highest BCUT2D eigenvalue weighted by Crippen LogP contribution is 2.28. The molecule has 0 aliphatic heterocycles. The molecule has 0 saturated carbocycles. The van der Waals surface area contributed by atoms with Gasteiger partial charge in [-0.25, -0.2) is 4.98 Å². The molecule has 1 aromatic heterocycles. The van der Waals surface area contributed by atoms with E-state index in [1.165, 1.54) is 23.5 Å². The van der Waals surface area contributed by atoms with E-state index in [0.29, 0.717) is 26.9 Å². The summed E-state index contributed by atoms with van der Waals surface area (Å²) >= 11 is 7.30. The number of rotatable bonds is 5. The minimum Gasteiger partial charge on any atom is -0.360 e. The van der Waals surface area contributed by atoms with Crippen LogP contribution < -0.4 is 5.32 Å². The van der Waals surface area contributed by atoms with Gasteiger partial charge in [-0.05, 0) is 24.6 Å². The van der Waals surface area contributed by atoms with Crippen molar-refractivity contribution in [3.63, 3.8) is 0 Å². The zero-order valence-electron chi connectivity index (χ0n) is 14.1. The number of non-ortho nitro benzene ring substituents is 1. The van der Waals surface area contributed by atoms with Gasteiger partial charge in [0.25, 0.3) is 5.69 Å². The second kappa shape index (κ2) is 7.99. The molecule has 27 heavy (non-hydrogen) atoms. The van der Waals surface area contributed by atoms with Crippen LogP contribution in [0.1, 0.15) is 10.6 Å². The zero-order chi connectivity index (χ0) is 19.4. The van der Waals surface area contributed by atoms with Crippen LogP contribution in [0.5, 0.6) is 0 Å². The van der Waals surface area contributed by atoms with Gasteiger partial charge in [0.2, 0.25) is 0 Å². The van der Waals surface area contributed by atoms with E-state index in [4.69, 9.17) is 11.6 Å². The van der Waals surface area contributed by atoms with E-state index in [9.17, 15) is 15.4 Å². The van der Waals surface area contributed by atoms with Crippen LogP contribution in [0.3, 0.4) is 0 Å². The summed E-state index contributed by atoms with van der Waals surface area (Å²) < 4.78 is 0. The lowest BCUT2D eigenvalue weighted by atomic mass is 10.1. The molecule has 3 rings (SSSR count). The Bertz CT molecular complexity index is 1090. The number of aromatic nitrogens is 1. The van der Waals surface area contributed by atoms with E-state index >= 15 is 0 Å². The molecule has 0 spiro atoms. The van der Waals surface area contributed by atoms with Gasteiger partial charge in [0.15, 0.2) is 0 Å². The van der Waals surface area contributed by atoms with Crippen LogP contribution in [0.25, 0.3) is 16.8 Å². The van der Waals surface area contributed by atoms with Crippen LogP contribution in [0.2, 0.25) is 5.02 Å². The molecule has 0 aliphatic carbocycles. The number of nitro groups is 1. The first-order chi connectivity index (χ1) is 13.0. The summed E-state index contributed by atoms with van der Waals surface area (Å²) in [5, 5.41) is 26.4. The van der Waals surface area contributed by atoms with Crippen LogP contribution in [-0.2, 0) is 0 Å². The van der Waals surface area contributed by atoms with Crippen molar-refractivity contribution < 1.29 is 4.92 Å². The number of nitrogens with one attached hydrogen (secondary N) is 1. The van der Waals surface area contributed by atoms with E-state index in [2.05, 4.69) is 16.4 Å². The van der Waals surface area contributed by atoms with Crippen molar-refractivity contribution in [3.8, 4) is 17.3 Å². The number of benzene rings is 2. The predicted molar refractivity (Wildman–Crippen MR) is 108 cm³/mol. The first-order valence-electron chi connectivity index (χ1n) is 7.81. The lowest BCUT2D eigenvalue weighted by molar-refractivity contribution is -0.384. The van der Waals surface area contributed by atoms with Crippen molar-refractivity contribution in [1.29, 1.82) is 5.26 Å². The molecule has 0 saturated heterocycles. The van der Waals surface area contributed by atoms with Crippen molar-refractivity contribution in [2.75, 3.05) is 5.32 Å². The van der Waals surface area contributed by atoms with Crippen LogP contribution in [0.4, 0.5) is 11.4 Å². The number of allylic oxidation sites excluding steroid dienone is 1. The molecular formula is C19H13ClN4O2S. The Morgan fingerprint density at radius 1 is 1.37 bits per heavy atom. The number of hydrogen-bond donors (Lipinski definition) is 1. The molecule has 0 radical (unpaired) electrons. The molecule has 0 unspecified atom stereocenters. The summed E-state index contributed by atoms with van der Waals surface area (Å²) in [6.07, 6.45) is 1.58. The van der Waals surface area contributed by atoms with Gasteiger partial charge in [0.1, 0.15) is 16.6 Å². The zero-order valence-corrected chi connectivity index (χ0v) is 15.7. The average molecular weight is 397 g/mol. The number of hydrogen-bond acceptors (Lipinski definition) is 6. The summed E-state index contributed by atoms with van der Waals surface area (Å²) in [7, 11) is 0. The Morgan fingerprint density at radius 3 is 2.93 bits per heavy atom. The Morgan fingerprint density at radius 2 is 2.19 bits per heavy atom. The maximum absolute atomic E-state index is 10.9. The molecule has 2 aromatic carbocycles. The Labute approximate surface area is 164 Å². The highest BCUT2D eigenvalue weighted by atomic mass is 35.5. The second-order valence-electron chi connectivity index (χ2n) is 5.62.